The summed E-state index contributed by atoms with van der Waals surface area (Å²) < 4.78 is 72.3. The molecule has 5 aliphatic rings. The summed E-state index contributed by atoms with van der Waals surface area (Å²) in [5, 5.41) is 22.9. The van der Waals surface area contributed by atoms with Gasteiger partial charge < -0.3 is 10.2 Å². The molecule has 9 atom stereocenters. The highest BCUT2D eigenvalue weighted by molar-refractivity contribution is 6.01. The molecule has 4 aliphatic carbocycles. The van der Waals surface area contributed by atoms with Gasteiger partial charge in [0.05, 0.1) is 23.9 Å². The smallest absolute Gasteiger partial charge is 0.390 e. The number of hydroxylamine groups is 1. The number of carbonyl (C=O) groups excluding carboxylic acids is 2. The molecule has 0 bridgehead atoms. The lowest BCUT2D eigenvalue weighted by Gasteiger charge is -2.63. The van der Waals surface area contributed by atoms with E-state index in [4.69, 9.17) is 4.84 Å². The van der Waals surface area contributed by atoms with Crippen LogP contribution in [0.25, 0.3) is 0 Å². The van der Waals surface area contributed by atoms with Gasteiger partial charge in [0.15, 0.2) is 22.8 Å². The third kappa shape index (κ3) is 3.25. The fourth-order valence-corrected chi connectivity index (χ4v) is 8.84. The molecular formula is C29H30F5NO5. The van der Waals surface area contributed by atoms with Crippen molar-refractivity contribution in [3.8, 4) is 0 Å². The molecule has 1 aliphatic heterocycles. The summed E-state index contributed by atoms with van der Waals surface area (Å²) in [4.78, 5) is 31.8. The Morgan fingerprint density at radius 3 is 2.45 bits per heavy atom. The van der Waals surface area contributed by atoms with Crippen LogP contribution in [-0.2, 0) is 20.6 Å². The Hall–Kier alpha value is -2.63. The number of Topliss-reactive ketones (excluding diaryl/α,β-unsaturated/α-hetero) is 1. The molecule has 6 nitrogen and oxygen atoms in total. The van der Waals surface area contributed by atoms with E-state index >= 15 is 8.78 Å². The van der Waals surface area contributed by atoms with Crippen LogP contribution in [0, 0.1) is 28.6 Å². The van der Waals surface area contributed by atoms with Crippen LogP contribution in [0.5, 0.6) is 0 Å². The van der Waals surface area contributed by atoms with Crippen LogP contribution in [-0.4, -0.2) is 58.5 Å². The standard InChI is InChI=1S/C29H30F5NO5/c1-25-8-7-18(37)10-21(25)22(30)11-20-19-9-16-13-35(17-5-3-15(4-6-17)29(32,33)34)40-28(16,24(39)14-36)26(19,2)12-23(38)27(20,25)31/h3-8,10,16,19-20,22-23,36,38H,9,11-14H2,1-2H3/t16-,19?,20-,22-,23-,25-,26-,27-,28-/m0/s1. The molecule has 3 saturated carbocycles. The van der Waals surface area contributed by atoms with Crippen molar-refractivity contribution in [2.75, 3.05) is 18.2 Å². The first-order valence-electron chi connectivity index (χ1n) is 13.4. The summed E-state index contributed by atoms with van der Waals surface area (Å²) in [6.07, 6.45) is -4.53. The molecule has 4 fully saturated rings. The number of benzene rings is 1. The number of halogens is 5. The van der Waals surface area contributed by atoms with E-state index in [0.29, 0.717) is 0 Å². The van der Waals surface area contributed by atoms with Gasteiger partial charge in [0, 0.05) is 22.7 Å². The van der Waals surface area contributed by atoms with E-state index < -0.39 is 82.0 Å². The summed E-state index contributed by atoms with van der Waals surface area (Å²) in [6, 6.07) is 4.25. The second-order valence-electron chi connectivity index (χ2n) is 12.3. The summed E-state index contributed by atoms with van der Waals surface area (Å²) in [6.45, 7) is 2.34. The number of allylic oxidation sites excluding steroid dienone is 4. The second kappa shape index (κ2) is 8.45. The zero-order chi connectivity index (χ0) is 29.0. The molecule has 0 aromatic heterocycles. The van der Waals surface area contributed by atoms with Gasteiger partial charge in [-0.25, -0.2) is 8.78 Å². The molecule has 11 heteroatoms. The van der Waals surface area contributed by atoms with Crippen LogP contribution < -0.4 is 5.06 Å². The first kappa shape index (κ1) is 27.5. The monoisotopic (exact) mass is 567 g/mol. The van der Waals surface area contributed by atoms with E-state index in [1.54, 1.807) is 6.92 Å². The summed E-state index contributed by atoms with van der Waals surface area (Å²) in [5.74, 6) is -3.40. The average Bonchev–Trinajstić information content (AvgIpc) is 3.39. The lowest BCUT2D eigenvalue weighted by atomic mass is 9.44. The molecule has 6 rings (SSSR count). The predicted molar refractivity (Wildman–Crippen MR) is 132 cm³/mol. The second-order valence-corrected chi connectivity index (χ2v) is 12.3. The Bertz CT molecular complexity index is 1330. The maximum atomic E-state index is 17.4. The highest BCUT2D eigenvalue weighted by Crippen LogP contribution is 2.72. The molecule has 1 aromatic carbocycles. The normalized spacial score (nSPS) is 44.0. The van der Waals surface area contributed by atoms with E-state index in [1.165, 1.54) is 36.3 Å². The fourth-order valence-electron chi connectivity index (χ4n) is 8.84. The summed E-state index contributed by atoms with van der Waals surface area (Å²) in [5.41, 5.74) is -7.45. The van der Waals surface area contributed by atoms with Crippen LogP contribution in [0.3, 0.4) is 0 Å². The van der Waals surface area contributed by atoms with Gasteiger partial charge in [-0.2, -0.15) is 13.2 Å². The fraction of sp³-hybridized carbons (Fsp3) is 0.586. The lowest BCUT2D eigenvalue weighted by Crippen LogP contribution is -2.70. The van der Waals surface area contributed by atoms with Gasteiger partial charge >= 0.3 is 6.18 Å². The Kier molecular flexibility index (Phi) is 5.82. The number of carbonyl (C=O) groups is 2. The minimum absolute atomic E-state index is 0.00882. The molecule has 40 heavy (non-hydrogen) atoms. The zero-order valence-electron chi connectivity index (χ0n) is 21.9. The van der Waals surface area contributed by atoms with Gasteiger partial charge in [0.1, 0.15) is 12.8 Å². The first-order valence-corrected chi connectivity index (χ1v) is 13.4. The summed E-state index contributed by atoms with van der Waals surface area (Å²) >= 11 is 0. The van der Waals surface area contributed by atoms with Gasteiger partial charge in [-0.15, -0.1) is 0 Å². The lowest BCUT2D eigenvalue weighted by molar-refractivity contribution is -0.228. The highest BCUT2D eigenvalue weighted by atomic mass is 19.4. The van der Waals surface area contributed by atoms with E-state index in [0.717, 1.165) is 18.2 Å². The van der Waals surface area contributed by atoms with E-state index in [2.05, 4.69) is 0 Å². The van der Waals surface area contributed by atoms with E-state index in [9.17, 15) is 33.0 Å². The maximum Gasteiger partial charge on any atom is 0.416 e. The number of nitrogens with zero attached hydrogens (tertiary/aromatic N) is 1. The third-order valence-corrected chi connectivity index (χ3v) is 10.7. The van der Waals surface area contributed by atoms with Gasteiger partial charge in [-0.1, -0.05) is 13.0 Å². The Morgan fingerprint density at radius 1 is 1.15 bits per heavy atom. The van der Waals surface area contributed by atoms with Crippen molar-refractivity contribution in [2.24, 2.45) is 28.6 Å². The van der Waals surface area contributed by atoms with Crippen molar-refractivity contribution in [1.29, 1.82) is 0 Å². The van der Waals surface area contributed by atoms with E-state index in [-0.39, 0.29) is 37.1 Å². The molecule has 1 heterocycles. The SMILES string of the molecule is C[C@]12C=CC(=O)C=C1[C@@H](F)C[C@H]1C3C[C@H]4CN(c5ccc(C(F)(F)F)cc5)O[C@@]4(C(=O)CO)[C@@]3(C)C[C@H](O)[C@@]12F. The minimum Gasteiger partial charge on any atom is -0.390 e. The Morgan fingerprint density at radius 2 is 1.82 bits per heavy atom. The molecular weight excluding hydrogens is 537 g/mol. The van der Waals surface area contributed by atoms with Gasteiger partial charge in [0.2, 0.25) is 0 Å². The molecule has 2 N–H and O–H groups in total. The molecule has 0 amide bonds. The maximum absolute atomic E-state index is 17.4. The van der Waals surface area contributed by atoms with Crippen molar-refractivity contribution in [3.63, 3.8) is 0 Å². The largest absolute Gasteiger partial charge is 0.416 e. The van der Waals surface area contributed by atoms with Crippen LogP contribution in [0.2, 0.25) is 0 Å². The number of anilines is 1. The highest BCUT2D eigenvalue weighted by Gasteiger charge is 2.79. The minimum atomic E-state index is -4.53. The van der Waals surface area contributed by atoms with Crippen molar-refractivity contribution >= 4 is 17.3 Å². The van der Waals surface area contributed by atoms with Crippen LogP contribution >= 0.6 is 0 Å². The number of rotatable bonds is 3. The zero-order valence-corrected chi connectivity index (χ0v) is 21.9. The van der Waals surface area contributed by atoms with Crippen LogP contribution in [0.15, 0.2) is 48.1 Å². The summed E-state index contributed by atoms with van der Waals surface area (Å²) in [7, 11) is 0. The molecule has 1 unspecified atom stereocenters. The third-order valence-electron chi connectivity index (χ3n) is 10.7. The van der Waals surface area contributed by atoms with Gasteiger partial charge in [-0.05, 0) is 74.1 Å². The first-order chi connectivity index (χ1) is 18.6. The van der Waals surface area contributed by atoms with Crippen molar-refractivity contribution < 1.29 is 46.6 Å². The predicted octanol–water partition coefficient (Wildman–Crippen LogP) is 4.30. The number of hydrogen-bond donors (Lipinski definition) is 2. The van der Waals surface area contributed by atoms with Crippen molar-refractivity contribution in [3.05, 3.63) is 53.6 Å². The molecule has 0 spiro atoms. The molecule has 1 aromatic rings. The number of aliphatic hydroxyl groups is 2. The number of fused-ring (bicyclic) bond motifs is 7. The van der Waals surface area contributed by atoms with Gasteiger partial charge in [-0.3, -0.25) is 19.5 Å². The van der Waals surface area contributed by atoms with Gasteiger partial charge in [0.25, 0.3) is 0 Å². The molecule has 0 radical (unpaired) electrons. The molecule has 1 saturated heterocycles. The van der Waals surface area contributed by atoms with Crippen LogP contribution in [0.4, 0.5) is 27.6 Å². The van der Waals surface area contributed by atoms with Crippen molar-refractivity contribution in [1.82, 2.24) is 0 Å². The Labute approximate surface area is 227 Å². The number of hydrogen-bond acceptors (Lipinski definition) is 6. The van der Waals surface area contributed by atoms with Crippen molar-refractivity contribution in [2.45, 2.75) is 62.8 Å². The van der Waals surface area contributed by atoms with E-state index in [1.807, 2.05) is 0 Å². The van der Waals surface area contributed by atoms with Crippen LogP contribution in [0.1, 0.15) is 38.7 Å². The quantitative estimate of drug-likeness (QED) is 0.530. The topological polar surface area (TPSA) is 87.1 Å². The number of ketones is 2. The molecule has 216 valence electrons. The number of alkyl halides is 5. The number of aliphatic hydroxyl groups excluding tert-OH is 2. The average molecular weight is 568 g/mol. The Balaban J connectivity index is 1.40.